The van der Waals surface area contributed by atoms with E-state index in [4.69, 9.17) is 28.4 Å². The van der Waals surface area contributed by atoms with Crippen molar-refractivity contribution in [1.29, 1.82) is 0 Å². The number of carbonyl (C=O) groups excluding carboxylic acids is 3. The Morgan fingerprint density at radius 1 is 0.980 bits per heavy atom. The molecule has 0 aliphatic carbocycles. The summed E-state index contributed by atoms with van der Waals surface area (Å²) in [5, 5.41) is 20.0. The summed E-state index contributed by atoms with van der Waals surface area (Å²) in [6, 6.07) is 14.3. The van der Waals surface area contributed by atoms with E-state index >= 15 is 0 Å². The van der Waals surface area contributed by atoms with Gasteiger partial charge >= 0.3 is 18.0 Å². The van der Waals surface area contributed by atoms with E-state index in [-0.39, 0.29) is 24.8 Å². The van der Waals surface area contributed by atoms with Gasteiger partial charge in [-0.3, -0.25) is 5.43 Å². The molecular weight excluding hydrogens is 763 g/mol. The van der Waals surface area contributed by atoms with Crippen LogP contribution in [-0.4, -0.2) is 69.6 Å². The predicted octanol–water partition coefficient (Wildman–Crippen LogP) is 4.58. The molecule has 4 N–H and O–H groups in total. The standard InChI is InChI=1S/C35H39IN4O10/c1-6-47-27-16-24(31-30(34(43)46-5)20(3)38-35(44)39-31)12-13-26(27)49-19-29(41)40-37-17-22-14-25(36)32(28(15-22)45-4)50-18-21-8-10-23(11-9-21)33(42)48-7-2/h8-17,29,31,40-41H,6-7,18-19H2,1-5H3,(H2,38,39,44)/b37-17+/t29-,31-/m1/s1. The fraction of sp³-hybridized carbons (Fsp3) is 0.314. The van der Waals surface area contributed by atoms with Crippen LogP contribution in [0.1, 0.15) is 53.9 Å². The van der Waals surface area contributed by atoms with Gasteiger partial charge in [0.2, 0.25) is 0 Å². The van der Waals surface area contributed by atoms with Gasteiger partial charge in [-0.25, -0.2) is 14.4 Å². The van der Waals surface area contributed by atoms with Gasteiger partial charge in [-0.05, 0) is 96.5 Å². The number of aliphatic hydroxyl groups excluding tert-OH is 1. The summed E-state index contributed by atoms with van der Waals surface area (Å²) >= 11 is 2.14. The van der Waals surface area contributed by atoms with Gasteiger partial charge in [0.1, 0.15) is 13.2 Å². The summed E-state index contributed by atoms with van der Waals surface area (Å²) in [5.74, 6) is 0.777. The Kier molecular flexibility index (Phi) is 13.7. The fourth-order valence-electron chi connectivity index (χ4n) is 4.88. The number of allylic oxidation sites excluding steroid dienone is 1. The second kappa shape index (κ2) is 18.1. The maximum absolute atomic E-state index is 12.5. The van der Waals surface area contributed by atoms with Crippen LogP contribution < -0.4 is 35.0 Å². The molecule has 3 aromatic rings. The number of hydrogen-bond donors (Lipinski definition) is 4. The third kappa shape index (κ3) is 9.78. The zero-order valence-corrected chi connectivity index (χ0v) is 30.4. The number of halogens is 1. The Hall–Kier alpha value is -5.03. The Balaban J connectivity index is 1.36. The number of carbonyl (C=O) groups is 3. The fourth-order valence-corrected chi connectivity index (χ4v) is 5.66. The molecule has 0 aromatic heterocycles. The highest BCUT2D eigenvalue weighted by atomic mass is 127. The maximum Gasteiger partial charge on any atom is 0.338 e. The summed E-state index contributed by atoms with van der Waals surface area (Å²) in [7, 11) is 2.80. The molecule has 4 rings (SSSR count). The lowest BCUT2D eigenvalue weighted by atomic mass is 9.95. The first-order valence-electron chi connectivity index (χ1n) is 15.6. The third-order valence-electron chi connectivity index (χ3n) is 7.21. The van der Waals surface area contributed by atoms with Crippen molar-refractivity contribution < 1.29 is 47.9 Å². The van der Waals surface area contributed by atoms with Crippen LogP contribution >= 0.6 is 22.6 Å². The van der Waals surface area contributed by atoms with Crippen LogP contribution in [-0.2, 0) is 20.9 Å². The quantitative estimate of drug-likeness (QED) is 0.0525. The molecule has 0 spiro atoms. The second-order valence-corrected chi connectivity index (χ2v) is 11.8. The van der Waals surface area contributed by atoms with Crippen LogP contribution in [0.2, 0.25) is 0 Å². The minimum atomic E-state index is -1.18. The van der Waals surface area contributed by atoms with Crippen molar-refractivity contribution in [2.45, 2.75) is 39.6 Å². The number of nitrogens with zero attached hydrogens (tertiary/aromatic N) is 1. The molecule has 0 unspecified atom stereocenters. The Morgan fingerprint density at radius 3 is 2.42 bits per heavy atom. The monoisotopic (exact) mass is 802 g/mol. The Morgan fingerprint density at radius 2 is 1.74 bits per heavy atom. The van der Waals surface area contributed by atoms with Gasteiger partial charge in [-0.2, -0.15) is 5.10 Å². The molecule has 3 aromatic carbocycles. The summed E-state index contributed by atoms with van der Waals surface area (Å²) in [6.45, 7) is 5.89. The molecule has 0 bridgehead atoms. The van der Waals surface area contributed by atoms with Crippen molar-refractivity contribution in [2.24, 2.45) is 5.10 Å². The molecule has 1 aliphatic rings. The predicted molar refractivity (Wildman–Crippen MR) is 191 cm³/mol. The van der Waals surface area contributed by atoms with Crippen LogP contribution in [0.25, 0.3) is 0 Å². The van der Waals surface area contributed by atoms with Gasteiger partial charge in [0.15, 0.2) is 29.2 Å². The number of nitrogens with one attached hydrogen (secondary N) is 3. The van der Waals surface area contributed by atoms with Gasteiger partial charge in [-0.15, -0.1) is 0 Å². The molecule has 1 heterocycles. The molecule has 266 valence electrons. The van der Waals surface area contributed by atoms with Crippen LogP contribution in [0.5, 0.6) is 23.0 Å². The minimum absolute atomic E-state index is 0.179. The maximum atomic E-state index is 12.5. The Bertz CT molecular complexity index is 1750. The lowest BCUT2D eigenvalue weighted by molar-refractivity contribution is -0.136. The molecular formula is C35H39IN4O10. The SMILES string of the molecule is CCOC(=O)c1ccc(COc2c(I)cc(/C=N/N[C@H](O)COc3ccc([C@H]4NC(=O)NC(C)=C4C(=O)OC)cc3OCC)cc2OC)cc1. The average Bonchev–Trinajstić information content (AvgIpc) is 3.10. The molecule has 0 radical (unpaired) electrons. The van der Waals surface area contributed by atoms with E-state index in [0.717, 1.165) is 9.13 Å². The van der Waals surface area contributed by atoms with E-state index in [1.807, 2.05) is 6.07 Å². The van der Waals surface area contributed by atoms with Crippen molar-refractivity contribution in [1.82, 2.24) is 16.1 Å². The highest BCUT2D eigenvalue weighted by Gasteiger charge is 2.32. The number of amides is 2. The van der Waals surface area contributed by atoms with Gasteiger partial charge < -0.3 is 44.2 Å². The van der Waals surface area contributed by atoms with Crippen molar-refractivity contribution in [3.63, 3.8) is 0 Å². The smallest absolute Gasteiger partial charge is 0.338 e. The van der Waals surface area contributed by atoms with Gasteiger partial charge in [-0.1, -0.05) is 18.2 Å². The molecule has 0 saturated heterocycles. The molecule has 1 aliphatic heterocycles. The number of urea groups is 1. The highest BCUT2D eigenvalue weighted by molar-refractivity contribution is 14.1. The highest BCUT2D eigenvalue weighted by Crippen LogP contribution is 2.36. The Labute approximate surface area is 303 Å². The van der Waals surface area contributed by atoms with Gasteiger partial charge in [0.25, 0.3) is 0 Å². The molecule has 0 saturated carbocycles. The number of ether oxygens (including phenoxy) is 6. The van der Waals surface area contributed by atoms with Crippen LogP contribution in [0, 0.1) is 3.57 Å². The minimum Gasteiger partial charge on any atom is -0.493 e. The number of methoxy groups -OCH3 is 2. The molecule has 2 atom stereocenters. The van der Waals surface area contributed by atoms with Crippen molar-refractivity contribution >= 4 is 46.8 Å². The van der Waals surface area contributed by atoms with E-state index in [2.05, 4.69) is 43.8 Å². The number of esters is 2. The summed E-state index contributed by atoms with van der Waals surface area (Å²) in [4.78, 5) is 36.6. The van der Waals surface area contributed by atoms with Crippen molar-refractivity contribution in [3.8, 4) is 23.0 Å². The molecule has 15 heteroatoms. The summed E-state index contributed by atoms with van der Waals surface area (Å²) < 4.78 is 33.9. The largest absolute Gasteiger partial charge is 0.493 e. The van der Waals surface area contributed by atoms with Crippen molar-refractivity contribution in [3.05, 3.63) is 91.7 Å². The normalized spacial score (nSPS) is 14.7. The topological polar surface area (TPSA) is 175 Å². The van der Waals surface area contributed by atoms with E-state index in [9.17, 15) is 19.5 Å². The van der Waals surface area contributed by atoms with E-state index in [1.54, 1.807) is 69.3 Å². The third-order valence-corrected chi connectivity index (χ3v) is 8.01. The van der Waals surface area contributed by atoms with Gasteiger partial charge in [0, 0.05) is 5.70 Å². The lowest BCUT2D eigenvalue weighted by Crippen LogP contribution is -2.45. The molecule has 50 heavy (non-hydrogen) atoms. The number of hydrazone groups is 1. The first-order chi connectivity index (χ1) is 24.1. The van der Waals surface area contributed by atoms with Crippen LogP contribution in [0.3, 0.4) is 0 Å². The van der Waals surface area contributed by atoms with Crippen LogP contribution in [0.15, 0.2) is 71.0 Å². The average molecular weight is 803 g/mol. The molecule has 2 amide bonds. The number of hydrogen-bond acceptors (Lipinski definition) is 12. The number of rotatable bonds is 16. The van der Waals surface area contributed by atoms with E-state index < -0.39 is 24.3 Å². The summed E-state index contributed by atoms with van der Waals surface area (Å²) in [5.41, 5.74) is 5.86. The van der Waals surface area contributed by atoms with Gasteiger partial charge in [0.05, 0.1) is 54.4 Å². The number of aliphatic hydroxyl groups is 1. The van der Waals surface area contributed by atoms with Crippen molar-refractivity contribution in [2.75, 3.05) is 34.0 Å². The summed E-state index contributed by atoms with van der Waals surface area (Å²) in [6.07, 6.45) is 0.341. The zero-order valence-electron chi connectivity index (χ0n) is 28.2. The second-order valence-electron chi connectivity index (χ2n) is 10.7. The van der Waals surface area contributed by atoms with E-state index in [0.29, 0.717) is 58.6 Å². The molecule has 14 nitrogen and oxygen atoms in total. The van der Waals surface area contributed by atoms with Crippen LogP contribution in [0.4, 0.5) is 4.79 Å². The number of benzene rings is 3. The lowest BCUT2D eigenvalue weighted by Gasteiger charge is -2.28. The molecule has 0 fully saturated rings. The first-order valence-corrected chi connectivity index (χ1v) is 16.6. The zero-order chi connectivity index (χ0) is 36.2. The first kappa shape index (κ1) is 37.8. The van der Waals surface area contributed by atoms with E-state index in [1.165, 1.54) is 20.4 Å².